The van der Waals surface area contributed by atoms with Crippen molar-refractivity contribution in [1.29, 1.82) is 0 Å². The van der Waals surface area contributed by atoms with Gasteiger partial charge in [-0.05, 0) is 88.5 Å². The molecule has 0 radical (unpaired) electrons. The zero-order valence-electron chi connectivity index (χ0n) is 17.3. The van der Waals surface area contributed by atoms with Gasteiger partial charge in [-0.1, -0.05) is 5.57 Å². The fraction of sp³-hybridized carbons (Fsp3) is 0.652. The number of Topliss-reactive ketones (excluding diaryl/α,β-unsaturated/α-hetero) is 1. The van der Waals surface area contributed by atoms with E-state index in [1.165, 1.54) is 12.0 Å². The van der Waals surface area contributed by atoms with Crippen molar-refractivity contribution in [2.45, 2.75) is 71.3 Å². The number of aliphatic hydroxyl groups is 1. The van der Waals surface area contributed by atoms with Crippen LogP contribution < -0.4 is 0 Å². The van der Waals surface area contributed by atoms with Crippen LogP contribution in [0.5, 0.6) is 0 Å². The summed E-state index contributed by atoms with van der Waals surface area (Å²) >= 11 is 0. The smallest absolute Gasteiger partial charge is 0.409 e. The van der Waals surface area contributed by atoms with Gasteiger partial charge in [-0.25, -0.2) is 4.79 Å². The van der Waals surface area contributed by atoms with Crippen LogP contribution in [0.25, 0.3) is 0 Å². The third-order valence-electron chi connectivity index (χ3n) is 7.28. The first-order valence-corrected chi connectivity index (χ1v) is 10.6. The van der Waals surface area contributed by atoms with E-state index in [-0.39, 0.29) is 17.3 Å². The number of ketones is 1. The van der Waals surface area contributed by atoms with E-state index in [2.05, 4.69) is 6.92 Å². The van der Waals surface area contributed by atoms with Gasteiger partial charge in [0, 0.05) is 24.1 Å². The molecule has 1 amide bonds. The largest absolute Gasteiger partial charge is 0.449 e. The second kappa shape index (κ2) is 6.87. The monoisotopic (exact) mass is 385 g/mol. The maximum absolute atomic E-state index is 13.0. The molecule has 4 rings (SSSR count). The maximum atomic E-state index is 13.0. The van der Waals surface area contributed by atoms with Crippen molar-refractivity contribution in [1.82, 2.24) is 4.90 Å². The van der Waals surface area contributed by atoms with Gasteiger partial charge in [0.25, 0.3) is 0 Å². The van der Waals surface area contributed by atoms with Crippen molar-refractivity contribution in [2.24, 2.45) is 5.41 Å². The minimum atomic E-state index is -1.30. The number of carbonyl (C=O) groups excluding carboxylic acids is 2. The number of hydrogen-bond donors (Lipinski definition) is 1. The van der Waals surface area contributed by atoms with Crippen LogP contribution in [0.4, 0.5) is 4.79 Å². The Morgan fingerprint density at radius 3 is 2.54 bits per heavy atom. The summed E-state index contributed by atoms with van der Waals surface area (Å²) < 4.78 is 5.47. The number of nitrogens with zero attached hydrogens (tertiary/aromatic N) is 1. The van der Waals surface area contributed by atoms with Gasteiger partial charge >= 0.3 is 6.09 Å². The molecule has 2 fully saturated rings. The number of piperidine rings is 1. The molecule has 1 aliphatic heterocycles. The highest BCUT2D eigenvalue weighted by atomic mass is 16.6. The predicted molar refractivity (Wildman–Crippen MR) is 107 cm³/mol. The molecule has 0 aromatic carbocycles. The molecule has 4 aliphatic rings. The average Bonchev–Trinajstić information content (AvgIpc) is 3.44. The summed E-state index contributed by atoms with van der Waals surface area (Å²) in [5, 5.41) is 10.9. The number of ether oxygens (including phenoxy) is 1. The van der Waals surface area contributed by atoms with Crippen molar-refractivity contribution in [3.8, 4) is 0 Å². The second-order valence-electron chi connectivity index (χ2n) is 8.97. The van der Waals surface area contributed by atoms with E-state index < -0.39 is 5.60 Å². The Morgan fingerprint density at radius 2 is 1.89 bits per heavy atom. The molecular formula is C23H31NO4. The topological polar surface area (TPSA) is 66.8 Å². The molecule has 152 valence electrons. The molecule has 0 unspecified atom stereocenters. The fourth-order valence-electron chi connectivity index (χ4n) is 5.31. The molecule has 1 atom stereocenters. The van der Waals surface area contributed by atoms with Gasteiger partial charge in [0.05, 0.1) is 6.61 Å². The third-order valence-corrected chi connectivity index (χ3v) is 7.28. The van der Waals surface area contributed by atoms with Crippen molar-refractivity contribution in [3.05, 3.63) is 33.9 Å². The van der Waals surface area contributed by atoms with E-state index in [4.69, 9.17) is 4.74 Å². The molecule has 5 heteroatoms. The van der Waals surface area contributed by atoms with Crippen LogP contribution in [-0.4, -0.2) is 47.2 Å². The predicted octanol–water partition coefficient (Wildman–Crippen LogP) is 4.08. The molecular weight excluding hydrogens is 354 g/mol. The fourth-order valence-corrected chi connectivity index (χ4v) is 5.31. The summed E-state index contributed by atoms with van der Waals surface area (Å²) in [4.78, 5) is 26.9. The Balaban J connectivity index is 1.41. The number of allylic oxidation sites excluding steroid dienone is 4. The van der Waals surface area contributed by atoms with E-state index in [1.807, 2.05) is 13.0 Å². The van der Waals surface area contributed by atoms with Crippen molar-refractivity contribution in [3.63, 3.8) is 0 Å². The lowest BCUT2D eigenvalue weighted by molar-refractivity contribution is -0.137. The second-order valence-corrected chi connectivity index (χ2v) is 8.97. The molecule has 28 heavy (non-hydrogen) atoms. The number of carbonyl (C=O) groups is 2. The minimum absolute atomic E-state index is 0.142. The first-order chi connectivity index (χ1) is 13.3. The molecule has 1 spiro atoms. The molecule has 0 aromatic heterocycles. The highest BCUT2D eigenvalue weighted by Crippen LogP contribution is 2.65. The van der Waals surface area contributed by atoms with Crippen LogP contribution >= 0.6 is 0 Å². The average molecular weight is 386 g/mol. The summed E-state index contributed by atoms with van der Waals surface area (Å²) in [7, 11) is 0. The quantitative estimate of drug-likeness (QED) is 0.741. The zero-order valence-corrected chi connectivity index (χ0v) is 17.3. The Kier molecular flexibility index (Phi) is 4.77. The summed E-state index contributed by atoms with van der Waals surface area (Å²) in [6, 6.07) is 0. The first-order valence-electron chi connectivity index (χ1n) is 10.6. The summed E-state index contributed by atoms with van der Waals surface area (Å²) in [6.07, 6.45) is 8.28. The molecule has 0 bridgehead atoms. The SMILES string of the molecule is CC1=C(CCCOC(=O)N2CCCCC2)C2=C(C)C3(CC3)[C@@](C)(O)C(=O)C2=C1. The standard InChI is InChI=1S/C23H31NO4/c1-15-14-18-19(16(2)23(9-10-23)22(3,27)20(18)25)17(15)8-7-13-28-21(26)24-11-5-4-6-12-24/h14,27H,4-13H2,1-3H3/t22-/m0/s1. The van der Waals surface area contributed by atoms with Gasteiger partial charge in [0.2, 0.25) is 0 Å². The molecule has 1 saturated heterocycles. The van der Waals surface area contributed by atoms with Crippen LogP contribution in [0.2, 0.25) is 0 Å². The van der Waals surface area contributed by atoms with E-state index in [9.17, 15) is 14.7 Å². The number of hydrogen-bond acceptors (Lipinski definition) is 4. The molecule has 1 N–H and O–H groups in total. The molecule has 5 nitrogen and oxygen atoms in total. The zero-order chi connectivity index (χ0) is 20.1. The first kappa shape index (κ1) is 19.4. The number of likely N-dealkylation sites (tertiary alicyclic amines) is 1. The van der Waals surface area contributed by atoms with Crippen LogP contribution in [0.1, 0.15) is 65.7 Å². The number of fused-ring (bicyclic) bond motifs is 1. The van der Waals surface area contributed by atoms with Crippen LogP contribution in [0.3, 0.4) is 0 Å². The van der Waals surface area contributed by atoms with Gasteiger partial charge < -0.3 is 14.7 Å². The van der Waals surface area contributed by atoms with E-state index in [1.54, 1.807) is 11.8 Å². The Labute approximate surface area is 167 Å². The van der Waals surface area contributed by atoms with E-state index in [0.29, 0.717) is 12.2 Å². The Hall–Kier alpha value is -1.88. The van der Waals surface area contributed by atoms with Gasteiger partial charge in [0.1, 0.15) is 5.60 Å². The highest BCUT2D eigenvalue weighted by Gasteiger charge is 2.64. The number of amides is 1. The van der Waals surface area contributed by atoms with Gasteiger partial charge in [-0.3, -0.25) is 4.79 Å². The lowest BCUT2D eigenvalue weighted by Crippen LogP contribution is -2.49. The Morgan fingerprint density at radius 1 is 1.21 bits per heavy atom. The van der Waals surface area contributed by atoms with Crippen molar-refractivity contribution < 1.29 is 19.4 Å². The highest BCUT2D eigenvalue weighted by molar-refractivity contribution is 6.10. The lowest BCUT2D eigenvalue weighted by Gasteiger charge is -2.39. The summed E-state index contributed by atoms with van der Waals surface area (Å²) in [5.41, 5.74) is 3.46. The molecule has 0 aromatic rings. The summed E-state index contributed by atoms with van der Waals surface area (Å²) in [5.74, 6) is -0.142. The van der Waals surface area contributed by atoms with Gasteiger partial charge in [-0.2, -0.15) is 0 Å². The summed E-state index contributed by atoms with van der Waals surface area (Å²) in [6.45, 7) is 7.77. The van der Waals surface area contributed by atoms with Crippen molar-refractivity contribution >= 4 is 11.9 Å². The van der Waals surface area contributed by atoms with Crippen LogP contribution in [-0.2, 0) is 9.53 Å². The van der Waals surface area contributed by atoms with Crippen LogP contribution in [0.15, 0.2) is 33.9 Å². The Bertz CT molecular complexity index is 804. The van der Waals surface area contributed by atoms with Crippen molar-refractivity contribution in [2.75, 3.05) is 19.7 Å². The molecule has 1 heterocycles. The van der Waals surface area contributed by atoms with E-state index >= 15 is 0 Å². The van der Waals surface area contributed by atoms with Gasteiger partial charge in [-0.15, -0.1) is 0 Å². The third kappa shape index (κ3) is 2.86. The molecule has 3 aliphatic carbocycles. The molecule has 1 saturated carbocycles. The number of rotatable bonds is 4. The maximum Gasteiger partial charge on any atom is 0.409 e. The normalized spacial score (nSPS) is 28.6. The van der Waals surface area contributed by atoms with Gasteiger partial charge in [0.15, 0.2) is 5.78 Å². The minimum Gasteiger partial charge on any atom is -0.449 e. The van der Waals surface area contributed by atoms with Crippen LogP contribution in [0, 0.1) is 5.41 Å². The lowest BCUT2D eigenvalue weighted by atomic mass is 9.67. The van der Waals surface area contributed by atoms with E-state index in [0.717, 1.165) is 68.3 Å².